The quantitative estimate of drug-likeness (QED) is 0.182. The Bertz CT molecular complexity index is 735. The molecule has 1 N–H and O–H groups in total. The van der Waals surface area contributed by atoms with Crippen LogP contribution in [0.3, 0.4) is 0 Å². The van der Waals surface area contributed by atoms with E-state index in [9.17, 15) is 31.2 Å². The van der Waals surface area contributed by atoms with Gasteiger partial charge in [-0.25, -0.2) is 9.59 Å². The Morgan fingerprint density at radius 1 is 0.914 bits per heavy atom. The maximum absolute atomic E-state index is 11.6. The van der Waals surface area contributed by atoms with Crippen molar-refractivity contribution in [3.05, 3.63) is 25.3 Å². The molecule has 0 heterocycles. The summed E-state index contributed by atoms with van der Waals surface area (Å²) in [5, 5.41) is 8.92. The van der Waals surface area contributed by atoms with E-state index in [4.69, 9.17) is 9.84 Å². The molecule has 0 amide bonds. The Balaban J connectivity index is -0.000000450. The third-order valence-corrected chi connectivity index (χ3v) is 5.07. The third kappa shape index (κ3) is 17.2. The Morgan fingerprint density at radius 3 is 1.63 bits per heavy atom. The van der Waals surface area contributed by atoms with E-state index in [-0.39, 0.29) is 23.7 Å². The summed E-state index contributed by atoms with van der Waals surface area (Å²) in [6.07, 6.45) is 0.117. The first-order valence-corrected chi connectivity index (χ1v) is 11.9. The molecule has 35 heavy (non-hydrogen) atoms. The lowest BCUT2D eigenvalue weighted by Crippen LogP contribution is -2.32. The second-order valence-electron chi connectivity index (χ2n) is 7.88. The maximum atomic E-state index is 11.6. The zero-order chi connectivity index (χ0) is 28.6. The largest absolute Gasteiger partial charge is 0.523 e. The summed E-state index contributed by atoms with van der Waals surface area (Å²) in [6.45, 7) is 17.7. The molecule has 208 valence electrons. The standard InChI is InChI=1S/C11H20O3.C6H12O3.C5H7F3O3S/c1-6-9(4)7-14-10(8(2)3)11(12)13-5;1-4(2)5(7)6(8)9-3;1-3-4(2)11-12(9,10)5(6,7)8/h6,8-10H,1,7H2,2-5H3;4-5,7H,1-3H3;3-4H,1H2,2H3/t9?,10-;5-;/m00./s1. The number of methoxy groups -OCH3 is 2. The molecule has 0 aliphatic heterocycles. The lowest BCUT2D eigenvalue weighted by Gasteiger charge is -2.20. The molecule has 0 aromatic heterocycles. The highest BCUT2D eigenvalue weighted by Crippen LogP contribution is 2.25. The lowest BCUT2D eigenvalue weighted by molar-refractivity contribution is -0.157. The molecule has 0 radical (unpaired) electrons. The van der Waals surface area contributed by atoms with Gasteiger partial charge in [0, 0.05) is 0 Å². The smallest absolute Gasteiger partial charge is 0.467 e. The number of hydrogen-bond acceptors (Lipinski definition) is 9. The van der Waals surface area contributed by atoms with E-state index in [1.807, 2.05) is 20.8 Å². The van der Waals surface area contributed by atoms with Gasteiger partial charge in [-0.2, -0.15) is 21.6 Å². The second-order valence-corrected chi connectivity index (χ2v) is 9.45. The zero-order valence-corrected chi connectivity index (χ0v) is 22.3. The van der Waals surface area contributed by atoms with Crippen molar-refractivity contribution in [1.29, 1.82) is 0 Å². The minimum absolute atomic E-state index is 0.0718. The SMILES string of the molecule is C=CC(C)CO[C@H](C(=O)OC)C(C)C.C=CC(C)OS(=O)(=O)C(F)(F)F.COC(=O)[C@@H](O)C(C)C. The van der Waals surface area contributed by atoms with Crippen LogP contribution in [0.1, 0.15) is 41.5 Å². The zero-order valence-electron chi connectivity index (χ0n) is 21.5. The summed E-state index contributed by atoms with van der Waals surface area (Å²) in [5.74, 6) is -0.570. The van der Waals surface area contributed by atoms with Gasteiger partial charge in [-0.3, -0.25) is 4.18 Å². The minimum Gasteiger partial charge on any atom is -0.467 e. The Kier molecular flexibility index (Phi) is 19.7. The number of rotatable bonds is 11. The highest BCUT2D eigenvalue weighted by atomic mass is 32.2. The number of carbonyl (C=O) groups is 2. The second kappa shape index (κ2) is 18.3. The predicted molar refractivity (Wildman–Crippen MR) is 125 cm³/mol. The molecule has 0 saturated carbocycles. The summed E-state index contributed by atoms with van der Waals surface area (Å²) in [7, 11) is -2.85. The highest BCUT2D eigenvalue weighted by Gasteiger charge is 2.47. The molecule has 0 spiro atoms. The van der Waals surface area contributed by atoms with E-state index < -0.39 is 39.9 Å². The number of alkyl halides is 3. The van der Waals surface area contributed by atoms with Crippen molar-refractivity contribution in [2.75, 3.05) is 20.8 Å². The average molecular weight is 537 g/mol. The van der Waals surface area contributed by atoms with Crippen molar-refractivity contribution in [3.8, 4) is 0 Å². The number of carbonyl (C=O) groups excluding carboxylic acids is 2. The topological polar surface area (TPSA) is 125 Å². The molecule has 0 aromatic carbocycles. The summed E-state index contributed by atoms with van der Waals surface area (Å²) < 4.78 is 73.3. The van der Waals surface area contributed by atoms with Crippen LogP contribution in [-0.4, -0.2) is 70.1 Å². The molecule has 13 heteroatoms. The summed E-state index contributed by atoms with van der Waals surface area (Å²) in [5.41, 5.74) is -5.37. The van der Waals surface area contributed by atoms with Crippen LogP contribution in [0.25, 0.3) is 0 Å². The van der Waals surface area contributed by atoms with Crippen LogP contribution < -0.4 is 0 Å². The first-order chi connectivity index (χ1) is 15.8. The van der Waals surface area contributed by atoms with E-state index in [2.05, 4.69) is 26.8 Å². The monoisotopic (exact) mass is 536 g/mol. The van der Waals surface area contributed by atoms with Crippen molar-refractivity contribution >= 4 is 22.1 Å². The van der Waals surface area contributed by atoms with Gasteiger partial charge in [0.1, 0.15) is 0 Å². The molecule has 0 aliphatic carbocycles. The molecule has 0 saturated heterocycles. The number of aliphatic hydroxyl groups excluding tert-OH is 1. The van der Waals surface area contributed by atoms with Gasteiger partial charge in [-0.1, -0.05) is 46.8 Å². The van der Waals surface area contributed by atoms with Gasteiger partial charge >= 0.3 is 27.6 Å². The van der Waals surface area contributed by atoms with Crippen molar-refractivity contribution in [2.45, 2.75) is 65.4 Å². The summed E-state index contributed by atoms with van der Waals surface area (Å²) in [6, 6.07) is 0. The van der Waals surface area contributed by atoms with Crippen molar-refractivity contribution < 1.29 is 54.7 Å². The van der Waals surface area contributed by atoms with Crippen molar-refractivity contribution in [3.63, 3.8) is 0 Å². The molecule has 0 aromatic rings. The number of esters is 2. The molecule has 9 nitrogen and oxygen atoms in total. The Hall–Kier alpha value is -1.96. The van der Waals surface area contributed by atoms with E-state index in [0.29, 0.717) is 6.61 Å². The normalized spacial score (nSPS) is 14.8. The number of aliphatic hydroxyl groups is 1. The average Bonchev–Trinajstić information content (AvgIpc) is 2.76. The van der Waals surface area contributed by atoms with Crippen LogP contribution in [0.2, 0.25) is 0 Å². The van der Waals surface area contributed by atoms with Gasteiger partial charge in [-0.05, 0) is 24.7 Å². The van der Waals surface area contributed by atoms with E-state index in [1.54, 1.807) is 19.9 Å². The number of hydrogen-bond donors (Lipinski definition) is 1. The summed E-state index contributed by atoms with van der Waals surface area (Å²) in [4.78, 5) is 21.8. The van der Waals surface area contributed by atoms with Gasteiger partial charge in [-0.15, -0.1) is 13.2 Å². The fraction of sp³-hybridized carbons (Fsp3) is 0.727. The molecule has 0 bridgehead atoms. The lowest BCUT2D eigenvalue weighted by atomic mass is 10.1. The maximum Gasteiger partial charge on any atom is 0.523 e. The van der Waals surface area contributed by atoms with Crippen molar-refractivity contribution in [2.24, 2.45) is 17.8 Å². The molecule has 0 rings (SSSR count). The molecule has 0 fully saturated rings. The predicted octanol–water partition coefficient (Wildman–Crippen LogP) is 3.63. The van der Waals surface area contributed by atoms with E-state index in [1.165, 1.54) is 14.2 Å². The van der Waals surface area contributed by atoms with Gasteiger partial charge < -0.3 is 19.3 Å². The molecule has 4 atom stereocenters. The highest BCUT2D eigenvalue weighted by molar-refractivity contribution is 7.87. The fourth-order valence-corrected chi connectivity index (χ4v) is 2.25. The first kappa shape index (κ1) is 37.6. The van der Waals surface area contributed by atoms with Crippen LogP contribution in [0.4, 0.5) is 13.2 Å². The Labute approximate surface area is 206 Å². The minimum atomic E-state index is -5.48. The number of halogens is 3. The molecule has 2 unspecified atom stereocenters. The Morgan fingerprint density at radius 2 is 1.37 bits per heavy atom. The van der Waals surface area contributed by atoms with E-state index in [0.717, 1.165) is 13.0 Å². The van der Waals surface area contributed by atoms with Crippen LogP contribution >= 0.6 is 0 Å². The molecular formula is C22H39F3O9S. The van der Waals surface area contributed by atoms with Gasteiger partial charge in [0.15, 0.2) is 12.2 Å². The van der Waals surface area contributed by atoms with Crippen LogP contribution in [-0.2, 0) is 38.1 Å². The fourth-order valence-electron chi connectivity index (χ4n) is 1.66. The summed E-state index contributed by atoms with van der Waals surface area (Å²) >= 11 is 0. The molecule has 0 aliphatic rings. The third-order valence-electron chi connectivity index (χ3n) is 3.95. The van der Waals surface area contributed by atoms with Crippen LogP contribution in [0, 0.1) is 17.8 Å². The van der Waals surface area contributed by atoms with Gasteiger partial charge in [0.05, 0.1) is 26.9 Å². The first-order valence-electron chi connectivity index (χ1n) is 10.5. The number of ether oxygens (including phenoxy) is 3. The van der Waals surface area contributed by atoms with Crippen LogP contribution in [0.15, 0.2) is 25.3 Å². The van der Waals surface area contributed by atoms with Gasteiger partial charge in [0.25, 0.3) is 0 Å². The molecular weight excluding hydrogens is 497 g/mol. The van der Waals surface area contributed by atoms with Crippen LogP contribution in [0.5, 0.6) is 0 Å². The van der Waals surface area contributed by atoms with E-state index >= 15 is 0 Å². The van der Waals surface area contributed by atoms with Crippen molar-refractivity contribution in [1.82, 2.24) is 0 Å². The van der Waals surface area contributed by atoms with Gasteiger partial charge in [0.2, 0.25) is 0 Å².